The highest BCUT2D eigenvalue weighted by Gasteiger charge is 2.30. The number of aromatic hydroxyl groups is 1. The monoisotopic (exact) mass is 904 g/mol. The minimum absolute atomic E-state index is 0. The molecule has 0 radical (unpaired) electrons. The van der Waals surface area contributed by atoms with E-state index in [9.17, 15) is 20.0 Å². The topological polar surface area (TPSA) is 136 Å². The molecule has 66 heavy (non-hydrogen) atoms. The Hall–Kier alpha value is -7.27. The number of phenolic OH excluding ortho intramolecular Hbond substituents is 1. The first-order chi connectivity index (χ1) is 31.0. The zero-order chi connectivity index (χ0) is 46.7. The van der Waals surface area contributed by atoms with Crippen molar-refractivity contribution in [3.8, 4) is 45.9 Å². The van der Waals surface area contributed by atoms with Gasteiger partial charge in [-0.1, -0.05) is 92.4 Å². The van der Waals surface area contributed by atoms with E-state index in [1.54, 1.807) is 28.0 Å². The number of carbonyl (C=O) groups excluding carboxylic acids is 2. The van der Waals surface area contributed by atoms with Gasteiger partial charge in [0.15, 0.2) is 0 Å². The van der Waals surface area contributed by atoms with Gasteiger partial charge in [-0.05, 0) is 147 Å². The van der Waals surface area contributed by atoms with Crippen molar-refractivity contribution >= 4 is 35.2 Å². The van der Waals surface area contributed by atoms with Crippen LogP contribution < -0.4 is 14.5 Å². The Labute approximate surface area is 394 Å². The molecule has 0 bridgehead atoms. The van der Waals surface area contributed by atoms with E-state index in [2.05, 4.69) is 12.1 Å². The van der Waals surface area contributed by atoms with E-state index in [4.69, 9.17) is 31.1 Å². The van der Waals surface area contributed by atoms with E-state index < -0.39 is 11.2 Å². The van der Waals surface area contributed by atoms with Crippen LogP contribution in [0.15, 0.2) is 133 Å². The molecule has 1 N–H and O–H groups in total. The van der Waals surface area contributed by atoms with Gasteiger partial charge < -0.3 is 19.3 Å². The highest BCUT2D eigenvalue weighted by atomic mass is 35.5. The number of hydrogen-bond donors (Lipinski definition) is 1. The molecule has 6 aromatic carbocycles. The Bertz CT molecular complexity index is 2710. The SMILES string of the molecule is C.CC(C)(C)OC(=O)N1CCc2cc(O)ccc21.CC(C)(C)OC(=O)N1CCc2cc(OCc3ccc(-c4ccccc4)c(C#N)c3)ccc21.N#Cc1cc(CCl)ccc1-c1ccccc1. The smallest absolute Gasteiger partial charge is 0.414 e. The molecule has 0 aliphatic carbocycles. The average molecular weight is 906 g/mol. The third-order valence-corrected chi connectivity index (χ3v) is 10.6. The van der Waals surface area contributed by atoms with Gasteiger partial charge in [-0.25, -0.2) is 9.59 Å². The van der Waals surface area contributed by atoms with E-state index >= 15 is 0 Å². The predicted molar refractivity (Wildman–Crippen MR) is 263 cm³/mol. The summed E-state index contributed by atoms with van der Waals surface area (Å²) in [5.41, 5.74) is 9.86. The highest BCUT2D eigenvalue weighted by molar-refractivity contribution is 6.17. The molecule has 2 heterocycles. The number of ether oxygens (including phenoxy) is 3. The van der Waals surface area contributed by atoms with E-state index in [1.165, 1.54) is 0 Å². The van der Waals surface area contributed by atoms with E-state index in [0.717, 1.165) is 74.5 Å². The number of halogens is 1. The number of nitrogens with zero attached hydrogens (tertiary/aromatic N) is 4. The first kappa shape index (κ1) is 49.7. The fraction of sp³-hybridized carbons (Fsp3) is 0.273. The van der Waals surface area contributed by atoms with Crippen LogP contribution in [-0.4, -0.2) is 41.6 Å². The molecule has 0 saturated heterocycles. The number of rotatable bonds is 6. The number of fused-ring (bicyclic) bond motifs is 2. The summed E-state index contributed by atoms with van der Waals surface area (Å²) in [6, 6.07) is 46.6. The molecule has 0 fully saturated rings. The van der Waals surface area contributed by atoms with Crippen molar-refractivity contribution in [2.75, 3.05) is 22.9 Å². The quantitative estimate of drug-likeness (QED) is 0.163. The molecule has 2 aliphatic heterocycles. The third-order valence-electron chi connectivity index (χ3n) is 10.3. The van der Waals surface area contributed by atoms with Gasteiger partial charge in [-0.3, -0.25) is 9.80 Å². The summed E-state index contributed by atoms with van der Waals surface area (Å²) in [6.45, 7) is 12.7. The Kier molecular flexibility index (Phi) is 16.6. The number of phenols is 1. The number of anilines is 2. The summed E-state index contributed by atoms with van der Waals surface area (Å²) < 4.78 is 16.8. The van der Waals surface area contributed by atoms with Crippen LogP contribution in [0.1, 0.15) is 82.3 Å². The molecule has 340 valence electrons. The zero-order valence-corrected chi connectivity index (χ0v) is 38.4. The van der Waals surface area contributed by atoms with Gasteiger partial charge in [0.2, 0.25) is 0 Å². The molecule has 8 rings (SSSR count). The van der Waals surface area contributed by atoms with Crippen LogP contribution in [0.5, 0.6) is 11.5 Å². The van der Waals surface area contributed by atoms with Crippen molar-refractivity contribution in [2.24, 2.45) is 0 Å². The normalized spacial score (nSPS) is 12.3. The summed E-state index contributed by atoms with van der Waals surface area (Å²) in [6.07, 6.45) is 0.855. The lowest BCUT2D eigenvalue weighted by atomic mass is 9.98. The minimum Gasteiger partial charge on any atom is -0.508 e. The Morgan fingerprint density at radius 3 is 1.55 bits per heavy atom. The molecular formula is C55H57ClN4O6. The number of amides is 2. The van der Waals surface area contributed by atoms with Crippen molar-refractivity contribution in [3.05, 3.63) is 167 Å². The molecule has 11 heteroatoms. The molecule has 2 aliphatic rings. The lowest BCUT2D eigenvalue weighted by molar-refractivity contribution is 0.0573. The van der Waals surface area contributed by atoms with Gasteiger partial charge in [-0.2, -0.15) is 10.5 Å². The number of carbonyl (C=O) groups is 2. The van der Waals surface area contributed by atoms with Gasteiger partial charge in [0.1, 0.15) is 29.3 Å². The molecule has 0 unspecified atom stereocenters. The number of nitriles is 2. The van der Waals surface area contributed by atoms with Gasteiger partial charge in [-0.15, -0.1) is 11.6 Å². The molecule has 0 aromatic heterocycles. The lowest BCUT2D eigenvalue weighted by Gasteiger charge is -2.24. The second-order valence-electron chi connectivity index (χ2n) is 17.5. The molecular weight excluding hydrogens is 848 g/mol. The second kappa shape index (κ2) is 22.1. The van der Waals surface area contributed by atoms with Crippen LogP contribution in [-0.2, 0) is 34.8 Å². The molecule has 6 aromatic rings. The number of benzene rings is 6. The summed E-state index contributed by atoms with van der Waals surface area (Å²) in [4.78, 5) is 27.7. The average Bonchev–Trinajstić information content (AvgIpc) is 3.92. The van der Waals surface area contributed by atoms with Crippen LogP contribution in [0.2, 0.25) is 0 Å². The van der Waals surface area contributed by atoms with E-state index in [1.807, 2.05) is 157 Å². The molecule has 0 atom stereocenters. The maximum absolute atomic E-state index is 12.5. The van der Waals surface area contributed by atoms with Crippen molar-refractivity contribution in [2.45, 2.75) is 85.5 Å². The van der Waals surface area contributed by atoms with Gasteiger partial charge in [0.25, 0.3) is 0 Å². The first-order valence-corrected chi connectivity index (χ1v) is 21.9. The second-order valence-corrected chi connectivity index (χ2v) is 17.8. The summed E-state index contributed by atoms with van der Waals surface area (Å²) in [5.74, 6) is 1.40. The van der Waals surface area contributed by atoms with Crippen molar-refractivity contribution < 1.29 is 28.9 Å². The molecule has 0 saturated carbocycles. The number of alkyl halides is 1. The summed E-state index contributed by atoms with van der Waals surface area (Å²) >= 11 is 5.74. The largest absolute Gasteiger partial charge is 0.508 e. The van der Waals surface area contributed by atoms with Crippen molar-refractivity contribution in [3.63, 3.8) is 0 Å². The van der Waals surface area contributed by atoms with Crippen LogP contribution in [0.4, 0.5) is 21.0 Å². The van der Waals surface area contributed by atoms with Crippen molar-refractivity contribution in [1.29, 1.82) is 10.5 Å². The van der Waals surface area contributed by atoms with Gasteiger partial charge >= 0.3 is 12.2 Å². The predicted octanol–water partition coefficient (Wildman–Crippen LogP) is 13.4. The van der Waals surface area contributed by atoms with Crippen molar-refractivity contribution in [1.82, 2.24) is 0 Å². The van der Waals surface area contributed by atoms with Crippen LogP contribution in [0, 0.1) is 22.7 Å². The first-order valence-electron chi connectivity index (χ1n) is 21.4. The fourth-order valence-corrected chi connectivity index (χ4v) is 7.48. The summed E-state index contributed by atoms with van der Waals surface area (Å²) in [7, 11) is 0. The fourth-order valence-electron chi connectivity index (χ4n) is 7.32. The third kappa shape index (κ3) is 13.2. The van der Waals surface area contributed by atoms with Gasteiger partial charge in [0, 0.05) is 19.0 Å². The standard InChI is InChI=1S/C27H26N2O3.C14H10ClN.C13H17NO3.CH4/c1-27(2,3)32-26(30)29-14-13-21-16-23(10-12-25(21)29)31-18-19-9-11-24(22(15-19)17-28)20-7-5-4-6-8-20;15-9-11-6-7-14(13(8-11)10-16)12-4-2-1-3-5-12;1-13(2,3)17-12(16)14-7-6-9-8-10(15)4-5-11(9)14;/h4-12,15-16H,13-14,18H2,1-3H3;1-8H,9H2;4-5,8,15H,6-7H2,1-3H3;1H4. The lowest BCUT2D eigenvalue weighted by Crippen LogP contribution is -2.35. The Morgan fingerprint density at radius 2 is 1.08 bits per heavy atom. The van der Waals surface area contributed by atoms with E-state index in [0.29, 0.717) is 36.7 Å². The molecule has 0 spiro atoms. The van der Waals surface area contributed by atoms with Crippen LogP contribution >= 0.6 is 11.6 Å². The maximum atomic E-state index is 12.5. The summed E-state index contributed by atoms with van der Waals surface area (Å²) in [5, 5.41) is 28.1. The van der Waals surface area contributed by atoms with E-state index in [-0.39, 0.29) is 25.4 Å². The van der Waals surface area contributed by atoms with Gasteiger partial charge in [0.05, 0.1) is 34.6 Å². The highest BCUT2D eigenvalue weighted by Crippen LogP contribution is 2.34. The maximum Gasteiger partial charge on any atom is 0.414 e. The van der Waals surface area contributed by atoms with Crippen LogP contribution in [0.25, 0.3) is 22.3 Å². The molecule has 2 amide bonds. The molecule has 10 nitrogen and oxygen atoms in total. The zero-order valence-electron chi connectivity index (χ0n) is 37.6. The van der Waals surface area contributed by atoms with Crippen LogP contribution in [0.3, 0.4) is 0 Å². The Balaban J connectivity index is 0.000000203. The minimum atomic E-state index is -0.527. The Morgan fingerprint density at radius 1 is 0.621 bits per heavy atom. The number of hydrogen-bond acceptors (Lipinski definition) is 8.